The van der Waals surface area contributed by atoms with Crippen LogP contribution in [0.2, 0.25) is 0 Å². The van der Waals surface area contributed by atoms with Crippen molar-refractivity contribution in [3.05, 3.63) is 0 Å². The molecule has 0 aromatic heterocycles. The molecular formula is C6H8F2O2. The predicted octanol–water partition coefficient (Wildman–Crippen LogP) is 0.875. The Morgan fingerprint density at radius 2 is 2.10 bits per heavy atom. The van der Waals surface area contributed by atoms with Crippen molar-refractivity contribution < 1.29 is 18.3 Å². The first-order valence-electron chi connectivity index (χ1n) is 2.68. The molecule has 0 aliphatic heterocycles. The summed E-state index contributed by atoms with van der Waals surface area (Å²) in [6.07, 6.45) is 4.81. The van der Waals surface area contributed by atoms with Gasteiger partial charge in [0.1, 0.15) is 6.61 Å². The zero-order valence-electron chi connectivity index (χ0n) is 5.35. The molecule has 0 aliphatic rings. The topological polar surface area (TPSA) is 18.5 Å². The van der Waals surface area contributed by atoms with Crippen LogP contribution in [-0.4, -0.2) is 26.4 Å². The van der Waals surface area contributed by atoms with Crippen molar-refractivity contribution in [2.24, 2.45) is 0 Å². The summed E-state index contributed by atoms with van der Waals surface area (Å²) in [7, 11) is 0. The molecular weight excluding hydrogens is 142 g/mol. The minimum Gasteiger partial charge on any atom is -0.366 e. The Hall–Kier alpha value is -0.660. The maximum Gasteiger partial charge on any atom is 0.345 e. The van der Waals surface area contributed by atoms with Gasteiger partial charge in [0, 0.05) is 0 Å². The molecule has 0 saturated heterocycles. The second-order valence-electron chi connectivity index (χ2n) is 1.39. The summed E-state index contributed by atoms with van der Waals surface area (Å²) in [5, 5.41) is 0. The summed E-state index contributed by atoms with van der Waals surface area (Å²) in [4.78, 5) is 0. The molecule has 0 rings (SSSR count). The van der Waals surface area contributed by atoms with Crippen LogP contribution in [0.15, 0.2) is 0 Å². The molecule has 0 spiro atoms. The van der Waals surface area contributed by atoms with E-state index in [-0.39, 0.29) is 19.8 Å². The van der Waals surface area contributed by atoms with E-state index in [0.717, 1.165) is 0 Å². The van der Waals surface area contributed by atoms with E-state index in [1.165, 1.54) is 0 Å². The average molecular weight is 150 g/mol. The highest BCUT2D eigenvalue weighted by atomic mass is 19.3. The molecule has 0 heterocycles. The fourth-order valence-corrected chi connectivity index (χ4v) is 0.327. The lowest BCUT2D eigenvalue weighted by atomic mass is 10.7. The van der Waals surface area contributed by atoms with E-state index in [9.17, 15) is 8.78 Å². The smallest absolute Gasteiger partial charge is 0.345 e. The van der Waals surface area contributed by atoms with Crippen LogP contribution in [0.4, 0.5) is 8.78 Å². The van der Waals surface area contributed by atoms with Crippen LogP contribution >= 0.6 is 0 Å². The Bertz CT molecular complexity index is 109. The molecule has 10 heavy (non-hydrogen) atoms. The van der Waals surface area contributed by atoms with E-state index in [1.54, 1.807) is 0 Å². The van der Waals surface area contributed by atoms with Gasteiger partial charge in [-0.15, -0.1) is 6.42 Å². The Balaban J connectivity index is 2.86. The summed E-state index contributed by atoms with van der Waals surface area (Å²) < 4.78 is 31.0. The maximum absolute atomic E-state index is 11.2. The summed E-state index contributed by atoms with van der Waals surface area (Å²) in [6.45, 7) is -2.62. The Morgan fingerprint density at radius 3 is 2.60 bits per heavy atom. The van der Waals surface area contributed by atoms with Crippen LogP contribution in [0.5, 0.6) is 0 Å². The fraction of sp³-hybridized carbons (Fsp3) is 0.667. The molecule has 4 heteroatoms. The van der Waals surface area contributed by atoms with Gasteiger partial charge < -0.3 is 9.47 Å². The van der Waals surface area contributed by atoms with Crippen molar-refractivity contribution in [3.63, 3.8) is 0 Å². The van der Waals surface area contributed by atoms with Gasteiger partial charge in [-0.2, -0.15) is 8.78 Å². The number of terminal acetylenes is 1. The van der Waals surface area contributed by atoms with Gasteiger partial charge in [-0.3, -0.25) is 0 Å². The van der Waals surface area contributed by atoms with Gasteiger partial charge >= 0.3 is 6.61 Å². The minimum atomic E-state index is -2.73. The molecule has 0 unspecified atom stereocenters. The largest absolute Gasteiger partial charge is 0.366 e. The number of alkyl halides is 2. The monoisotopic (exact) mass is 150 g/mol. The first-order valence-corrected chi connectivity index (χ1v) is 2.68. The molecule has 0 N–H and O–H groups in total. The van der Waals surface area contributed by atoms with Crippen LogP contribution in [0, 0.1) is 12.3 Å². The molecule has 0 amide bonds. The van der Waals surface area contributed by atoms with Crippen LogP contribution < -0.4 is 0 Å². The SMILES string of the molecule is C#CCOCCOC(F)F. The van der Waals surface area contributed by atoms with Gasteiger partial charge in [-0.25, -0.2) is 0 Å². The van der Waals surface area contributed by atoms with E-state index in [4.69, 9.17) is 6.42 Å². The minimum absolute atomic E-state index is 0.106. The first kappa shape index (κ1) is 9.34. The van der Waals surface area contributed by atoms with Gasteiger partial charge in [-0.05, 0) is 0 Å². The predicted molar refractivity (Wildman–Crippen MR) is 31.6 cm³/mol. The van der Waals surface area contributed by atoms with E-state index < -0.39 is 6.61 Å². The number of rotatable bonds is 5. The molecule has 58 valence electrons. The van der Waals surface area contributed by atoms with Crippen molar-refractivity contribution in [1.82, 2.24) is 0 Å². The molecule has 0 aromatic carbocycles. The standard InChI is InChI=1S/C6H8F2O2/c1-2-3-9-4-5-10-6(7)8/h1,6H,3-5H2. The second kappa shape index (κ2) is 6.46. The third-order valence-electron chi connectivity index (χ3n) is 0.657. The van der Waals surface area contributed by atoms with Gasteiger partial charge in [0.15, 0.2) is 0 Å². The molecule has 0 atom stereocenters. The van der Waals surface area contributed by atoms with Crippen molar-refractivity contribution in [1.29, 1.82) is 0 Å². The van der Waals surface area contributed by atoms with Crippen LogP contribution in [0.25, 0.3) is 0 Å². The highest BCUT2D eigenvalue weighted by Gasteiger charge is 1.98. The first-order chi connectivity index (χ1) is 4.77. The number of ether oxygens (including phenoxy) is 2. The molecule has 0 radical (unpaired) electrons. The second-order valence-corrected chi connectivity index (χ2v) is 1.39. The molecule has 0 fully saturated rings. The van der Waals surface area contributed by atoms with E-state index in [1.807, 2.05) is 0 Å². The molecule has 0 aliphatic carbocycles. The average Bonchev–Trinajstić information content (AvgIpc) is 1.87. The van der Waals surface area contributed by atoms with Crippen LogP contribution in [0.1, 0.15) is 0 Å². The Labute approximate surface area is 58.1 Å². The lowest BCUT2D eigenvalue weighted by Gasteiger charge is -2.00. The zero-order valence-corrected chi connectivity index (χ0v) is 5.35. The van der Waals surface area contributed by atoms with E-state index >= 15 is 0 Å². The molecule has 0 saturated carbocycles. The third-order valence-corrected chi connectivity index (χ3v) is 0.657. The zero-order chi connectivity index (χ0) is 7.82. The number of hydrogen-bond donors (Lipinski definition) is 0. The summed E-state index contributed by atoms with van der Waals surface area (Å²) in [6, 6.07) is 0. The van der Waals surface area contributed by atoms with Gasteiger partial charge in [0.2, 0.25) is 0 Å². The number of hydrogen-bond acceptors (Lipinski definition) is 2. The Kier molecular flexibility index (Phi) is 6.03. The van der Waals surface area contributed by atoms with Crippen molar-refractivity contribution in [2.45, 2.75) is 6.61 Å². The maximum atomic E-state index is 11.2. The van der Waals surface area contributed by atoms with Gasteiger partial charge in [0.05, 0.1) is 13.2 Å². The Morgan fingerprint density at radius 1 is 1.40 bits per heavy atom. The third kappa shape index (κ3) is 7.34. The highest BCUT2D eigenvalue weighted by Crippen LogP contribution is 1.92. The van der Waals surface area contributed by atoms with Crippen molar-refractivity contribution in [2.75, 3.05) is 19.8 Å². The van der Waals surface area contributed by atoms with Gasteiger partial charge in [-0.1, -0.05) is 5.92 Å². The van der Waals surface area contributed by atoms with Crippen molar-refractivity contribution in [3.8, 4) is 12.3 Å². The molecule has 2 nitrogen and oxygen atoms in total. The molecule has 0 bridgehead atoms. The van der Waals surface area contributed by atoms with Crippen LogP contribution in [-0.2, 0) is 9.47 Å². The summed E-state index contributed by atoms with van der Waals surface area (Å²) in [5.41, 5.74) is 0. The lowest BCUT2D eigenvalue weighted by molar-refractivity contribution is -0.138. The lowest BCUT2D eigenvalue weighted by Crippen LogP contribution is -2.07. The highest BCUT2D eigenvalue weighted by molar-refractivity contribution is 4.82. The fourth-order valence-electron chi connectivity index (χ4n) is 0.327. The number of halogens is 2. The van der Waals surface area contributed by atoms with Crippen molar-refractivity contribution >= 4 is 0 Å². The summed E-state index contributed by atoms with van der Waals surface area (Å²) >= 11 is 0. The quantitative estimate of drug-likeness (QED) is 0.427. The van der Waals surface area contributed by atoms with E-state index in [0.29, 0.717) is 0 Å². The van der Waals surface area contributed by atoms with Gasteiger partial charge in [0.25, 0.3) is 0 Å². The molecule has 0 aromatic rings. The summed E-state index contributed by atoms with van der Waals surface area (Å²) in [5.74, 6) is 2.19. The van der Waals surface area contributed by atoms with Crippen LogP contribution in [0.3, 0.4) is 0 Å². The normalized spacial score (nSPS) is 9.80. The van der Waals surface area contributed by atoms with E-state index in [2.05, 4.69) is 15.4 Å².